The van der Waals surface area contributed by atoms with Crippen molar-refractivity contribution in [2.45, 2.75) is 83.2 Å². The van der Waals surface area contributed by atoms with Crippen LogP contribution in [0.2, 0.25) is 0 Å². The Labute approximate surface area is 176 Å². The highest BCUT2D eigenvalue weighted by atomic mass is 16.2. The monoisotopic (exact) mass is 404 g/mol. The summed E-state index contributed by atoms with van der Waals surface area (Å²) in [5.74, 6) is 2.12. The Morgan fingerprint density at radius 2 is 1.83 bits per heavy atom. The molecule has 3 heterocycles. The van der Waals surface area contributed by atoms with Crippen molar-refractivity contribution in [2.75, 3.05) is 32.7 Å². The zero-order valence-electron chi connectivity index (χ0n) is 18.2. The van der Waals surface area contributed by atoms with Gasteiger partial charge in [0.05, 0.1) is 0 Å². The van der Waals surface area contributed by atoms with Gasteiger partial charge in [0.25, 0.3) is 0 Å². The maximum absolute atomic E-state index is 13.0. The van der Waals surface area contributed by atoms with Crippen LogP contribution in [-0.2, 0) is 4.79 Å². The smallest absolute Gasteiger partial charge is 0.317 e. The maximum Gasteiger partial charge on any atom is 0.317 e. The quantitative estimate of drug-likeness (QED) is 0.654. The summed E-state index contributed by atoms with van der Waals surface area (Å²) < 4.78 is 0. The Hall–Kier alpha value is -1.30. The van der Waals surface area contributed by atoms with Gasteiger partial charge in [0.15, 0.2) is 0 Å². The Kier molecular flexibility index (Phi) is 6.99. The fraction of sp³-hybridized carbons (Fsp3) is 0.913. The number of carbonyl (C=O) groups excluding carboxylic acids is 2. The molecule has 0 radical (unpaired) electrons. The second-order valence-electron chi connectivity index (χ2n) is 9.83. The fourth-order valence-electron chi connectivity index (χ4n) is 6.07. The van der Waals surface area contributed by atoms with Gasteiger partial charge >= 0.3 is 6.03 Å². The average molecular weight is 405 g/mol. The molecular formula is C23H40N4O2. The van der Waals surface area contributed by atoms with E-state index in [0.29, 0.717) is 24.3 Å². The molecule has 1 aliphatic carbocycles. The Balaban J connectivity index is 1.39. The zero-order valence-corrected chi connectivity index (χ0v) is 18.2. The molecule has 0 aromatic carbocycles. The van der Waals surface area contributed by atoms with Gasteiger partial charge in [-0.3, -0.25) is 9.69 Å². The van der Waals surface area contributed by atoms with Crippen molar-refractivity contribution in [1.29, 1.82) is 0 Å². The summed E-state index contributed by atoms with van der Waals surface area (Å²) in [6.07, 6.45) is 10.9. The molecule has 3 aliphatic heterocycles. The van der Waals surface area contributed by atoms with E-state index < -0.39 is 0 Å². The molecule has 3 saturated heterocycles. The standard InChI is InChI=1S/C23H40N4O2/c1-2-12-24-23(29)27-16-18-6-4-13-26-14-5-7-19(22(18)26)20(27)8-3-9-21(28)25-15-17-10-11-17/h17-20,22H,2-16H2,1H3,(H,24,29)(H,25,28)/t18-,19+,20+,22-/m0/s1. The molecule has 0 unspecified atom stereocenters. The van der Waals surface area contributed by atoms with Gasteiger partial charge in [-0.25, -0.2) is 4.79 Å². The van der Waals surface area contributed by atoms with E-state index in [1.807, 2.05) is 0 Å². The van der Waals surface area contributed by atoms with E-state index in [1.54, 1.807) is 0 Å². The largest absolute Gasteiger partial charge is 0.356 e. The molecule has 0 aromatic rings. The highest BCUT2D eigenvalue weighted by Crippen LogP contribution is 2.43. The van der Waals surface area contributed by atoms with Crippen LogP contribution in [0.15, 0.2) is 0 Å². The molecule has 4 rings (SSSR count). The average Bonchev–Trinajstić information content (AvgIpc) is 3.56. The second-order valence-corrected chi connectivity index (χ2v) is 9.83. The first-order chi connectivity index (χ1) is 14.2. The molecule has 29 heavy (non-hydrogen) atoms. The zero-order chi connectivity index (χ0) is 20.2. The minimum absolute atomic E-state index is 0.121. The molecule has 3 amide bonds. The number of nitrogens with zero attached hydrogens (tertiary/aromatic N) is 2. The summed E-state index contributed by atoms with van der Waals surface area (Å²) in [5, 5.41) is 6.23. The molecule has 4 fully saturated rings. The number of rotatable bonds is 8. The van der Waals surface area contributed by atoms with Gasteiger partial charge in [-0.2, -0.15) is 0 Å². The highest BCUT2D eigenvalue weighted by molar-refractivity contribution is 5.76. The summed E-state index contributed by atoms with van der Waals surface area (Å²) in [7, 11) is 0. The first-order valence-corrected chi connectivity index (χ1v) is 12.2. The van der Waals surface area contributed by atoms with Gasteiger partial charge < -0.3 is 15.5 Å². The van der Waals surface area contributed by atoms with Gasteiger partial charge in [-0.15, -0.1) is 0 Å². The van der Waals surface area contributed by atoms with Crippen LogP contribution < -0.4 is 10.6 Å². The second kappa shape index (κ2) is 9.67. The minimum Gasteiger partial charge on any atom is -0.356 e. The molecule has 0 spiro atoms. The molecule has 4 atom stereocenters. The van der Waals surface area contributed by atoms with Gasteiger partial charge in [0, 0.05) is 38.1 Å². The van der Waals surface area contributed by atoms with Crippen LogP contribution in [0.1, 0.15) is 71.1 Å². The molecule has 164 valence electrons. The Bertz CT molecular complexity index is 577. The molecule has 1 saturated carbocycles. The fourth-order valence-corrected chi connectivity index (χ4v) is 6.07. The number of piperidine rings is 3. The van der Waals surface area contributed by atoms with Crippen molar-refractivity contribution >= 4 is 11.9 Å². The van der Waals surface area contributed by atoms with Crippen molar-refractivity contribution < 1.29 is 9.59 Å². The molecular weight excluding hydrogens is 364 g/mol. The van der Waals surface area contributed by atoms with Crippen molar-refractivity contribution in [3.8, 4) is 0 Å². The van der Waals surface area contributed by atoms with E-state index in [4.69, 9.17) is 0 Å². The van der Waals surface area contributed by atoms with Crippen molar-refractivity contribution in [3.63, 3.8) is 0 Å². The van der Waals surface area contributed by atoms with Crippen LogP contribution in [0.25, 0.3) is 0 Å². The number of likely N-dealkylation sites (tertiary alicyclic amines) is 1. The number of hydrogen-bond acceptors (Lipinski definition) is 3. The predicted octanol–water partition coefficient (Wildman–Crippen LogP) is 2.98. The van der Waals surface area contributed by atoms with Crippen molar-refractivity contribution in [2.24, 2.45) is 17.8 Å². The number of carbonyl (C=O) groups is 2. The van der Waals surface area contributed by atoms with Crippen LogP contribution in [0.3, 0.4) is 0 Å². The summed E-state index contributed by atoms with van der Waals surface area (Å²) in [6, 6.07) is 1.06. The molecule has 2 N–H and O–H groups in total. The molecule has 4 aliphatic rings. The van der Waals surface area contributed by atoms with E-state index in [1.165, 1.54) is 51.6 Å². The van der Waals surface area contributed by atoms with Gasteiger partial charge in [-0.05, 0) is 88.6 Å². The Morgan fingerprint density at radius 3 is 2.59 bits per heavy atom. The van der Waals surface area contributed by atoms with Crippen LogP contribution >= 0.6 is 0 Å². The van der Waals surface area contributed by atoms with E-state index >= 15 is 0 Å². The van der Waals surface area contributed by atoms with E-state index in [2.05, 4.69) is 27.4 Å². The van der Waals surface area contributed by atoms with Crippen molar-refractivity contribution in [3.05, 3.63) is 0 Å². The van der Waals surface area contributed by atoms with E-state index in [-0.39, 0.29) is 18.0 Å². The lowest BCUT2D eigenvalue weighted by molar-refractivity contribution is -0.121. The van der Waals surface area contributed by atoms with Gasteiger partial charge in [-0.1, -0.05) is 6.92 Å². The summed E-state index contributed by atoms with van der Waals surface area (Å²) >= 11 is 0. The van der Waals surface area contributed by atoms with E-state index in [9.17, 15) is 9.59 Å². The Morgan fingerprint density at radius 1 is 1.03 bits per heavy atom. The van der Waals surface area contributed by atoms with Gasteiger partial charge in [0.2, 0.25) is 5.91 Å². The van der Waals surface area contributed by atoms with Crippen LogP contribution in [0.5, 0.6) is 0 Å². The van der Waals surface area contributed by atoms with Crippen LogP contribution in [0, 0.1) is 17.8 Å². The topological polar surface area (TPSA) is 64.7 Å². The summed E-state index contributed by atoms with van der Waals surface area (Å²) in [4.78, 5) is 30.1. The van der Waals surface area contributed by atoms with Crippen LogP contribution in [0.4, 0.5) is 4.79 Å². The van der Waals surface area contributed by atoms with Crippen molar-refractivity contribution in [1.82, 2.24) is 20.4 Å². The summed E-state index contributed by atoms with van der Waals surface area (Å²) in [5.41, 5.74) is 0. The SMILES string of the molecule is CCCNC(=O)N1C[C@@H]2CCCN3CCC[C@@H]([C@H]23)[C@H]1CCCC(=O)NCC1CC1. The highest BCUT2D eigenvalue weighted by Gasteiger charge is 2.49. The first-order valence-electron chi connectivity index (χ1n) is 12.2. The normalized spacial score (nSPS) is 31.8. The molecule has 0 aromatic heterocycles. The molecule has 0 bridgehead atoms. The molecule has 6 nitrogen and oxygen atoms in total. The minimum atomic E-state index is 0.121. The third kappa shape index (κ3) is 5.07. The lowest BCUT2D eigenvalue weighted by Crippen LogP contribution is -2.66. The first kappa shape index (κ1) is 21.0. The van der Waals surface area contributed by atoms with Gasteiger partial charge in [0.1, 0.15) is 0 Å². The lowest BCUT2D eigenvalue weighted by atomic mass is 9.69. The third-order valence-corrected chi connectivity index (χ3v) is 7.65. The predicted molar refractivity (Wildman–Crippen MR) is 115 cm³/mol. The molecule has 6 heteroatoms. The maximum atomic E-state index is 13.0. The number of nitrogens with one attached hydrogen (secondary N) is 2. The third-order valence-electron chi connectivity index (χ3n) is 7.65. The number of urea groups is 1. The van der Waals surface area contributed by atoms with E-state index in [0.717, 1.165) is 44.8 Å². The summed E-state index contributed by atoms with van der Waals surface area (Å²) in [6.45, 7) is 7.06. The lowest BCUT2D eigenvalue weighted by Gasteiger charge is -2.57. The number of hydrogen-bond donors (Lipinski definition) is 2. The van der Waals surface area contributed by atoms with Crippen LogP contribution in [-0.4, -0.2) is 66.5 Å². The number of amides is 3.